The fourth-order valence-electron chi connectivity index (χ4n) is 4.57. The third-order valence-electron chi connectivity index (χ3n) is 6.17. The van der Waals surface area contributed by atoms with Crippen LogP contribution in [0.1, 0.15) is 30.3 Å². The lowest BCUT2D eigenvalue weighted by Crippen LogP contribution is -2.29. The average molecular weight is 439 g/mol. The SMILES string of the molecule is C=CC(=O)N1CCCC1c1nc(-c2ccc(Nc3ccccc3)c(C)c2)c2c(N)nccn12. The zero-order valence-electron chi connectivity index (χ0n) is 18.5. The normalized spacial score (nSPS) is 15.7. The van der Waals surface area contributed by atoms with E-state index in [1.807, 2.05) is 51.9 Å². The molecule has 0 radical (unpaired) electrons. The Labute approximate surface area is 192 Å². The predicted octanol–water partition coefficient (Wildman–Crippen LogP) is 4.88. The molecule has 1 saturated heterocycles. The molecule has 7 heteroatoms. The molecule has 1 amide bonds. The van der Waals surface area contributed by atoms with Crippen molar-refractivity contribution in [1.82, 2.24) is 19.3 Å². The molecule has 1 atom stereocenters. The topological polar surface area (TPSA) is 88.5 Å². The van der Waals surface area contributed by atoms with E-state index in [0.29, 0.717) is 12.4 Å². The number of para-hydroxylation sites is 1. The van der Waals surface area contributed by atoms with Gasteiger partial charge in [-0.25, -0.2) is 9.97 Å². The molecular weight excluding hydrogens is 412 g/mol. The molecule has 2 aromatic heterocycles. The summed E-state index contributed by atoms with van der Waals surface area (Å²) in [6.45, 7) is 6.42. The van der Waals surface area contributed by atoms with Crippen LogP contribution in [0.4, 0.5) is 17.2 Å². The number of imidazole rings is 1. The number of nitrogens with two attached hydrogens (primary N) is 1. The van der Waals surface area contributed by atoms with Crippen molar-refractivity contribution in [2.45, 2.75) is 25.8 Å². The van der Waals surface area contributed by atoms with Crippen molar-refractivity contribution < 1.29 is 4.79 Å². The van der Waals surface area contributed by atoms with Crippen LogP contribution in [0.15, 0.2) is 73.6 Å². The lowest BCUT2D eigenvalue weighted by atomic mass is 10.1. The minimum absolute atomic E-state index is 0.0787. The third-order valence-corrected chi connectivity index (χ3v) is 6.17. The highest BCUT2D eigenvalue weighted by atomic mass is 16.2. The maximum absolute atomic E-state index is 12.4. The Morgan fingerprint density at radius 3 is 2.82 bits per heavy atom. The molecule has 1 fully saturated rings. The van der Waals surface area contributed by atoms with E-state index in [4.69, 9.17) is 10.7 Å². The molecule has 7 nitrogen and oxygen atoms in total. The van der Waals surface area contributed by atoms with Crippen LogP contribution in [0.25, 0.3) is 16.8 Å². The molecule has 33 heavy (non-hydrogen) atoms. The molecule has 0 bridgehead atoms. The summed E-state index contributed by atoms with van der Waals surface area (Å²) in [5.41, 5.74) is 11.9. The number of hydrogen-bond acceptors (Lipinski definition) is 5. The van der Waals surface area contributed by atoms with Gasteiger partial charge in [0.15, 0.2) is 0 Å². The molecule has 166 valence electrons. The van der Waals surface area contributed by atoms with Gasteiger partial charge in [-0.3, -0.25) is 9.20 Å². The van der Waals surface area contributed by atoms with Crippen molar-refractivity contribution in [1.29, 1.82) is 0 Å². The summed E-state index contributed by atoms with van der Waals surface area (Å²) in [7, 11) is 0. The van der Waals surface area contributed by atoms with E-state index in [0.717, 1.165) is 52.4 Å². The number of aromatic nitrogens is 3. The first-order valence-corrected chi connectivity index (χ1v) is 11.1. The number of nitrogen functional groups attached to an aromatic ring is 1. The summed E-state index contributed by atoms with van der Waals surface area (Å²) < 4.78 is 1.97. The van der Waals surface area contributed by atoms with Crippen molar-refractivity contribution >= 4 is 28.6 Å². The van der Waals surface area contributed by atoms with Crippen LogP contribution in [0.5, 0.6) is 0 Å². The number of nitrogens with zero attached hydrogens (tertiary/aromatic N) is 4. The van der Waals surface area contributed by atoms with Crippen LogP contribution < -0.4 is 11.1 Å². The average Bonchev–Trinajstić information content (AvgIpc) is 3.46. The molecular formula is C26H26N6O. The Morgan fingerprint density at radius 2 is 2.06 bits per heavy atom. The molecule has 3 N–H and O–H groups in total. The van der Waals surface area contributed by atoms with Gasteiger partial charge in [0.2, 0.25) is 5.91 Å². The second-order valence-corrected chi connectivity index (χ2v) is 8.26. The summed E-state index contributed by atoms with van der Waals surface area (Å²) in [5, 5.41) is 3.46. The van der Waals surface area contributed by atoms with E-state index in [9.17, 15) is 4.79 Å². The van der Waals surface area contributed by atoms with E-state index in [1.54, 1.807) is 6.20 Å². The van der Waals surface area contributed by atoms with Gasteiger partial charge in [-0.2, -0.15) is 0 Å². The highest BCUT2D eigenvalue weighted by Gasteiger charge is 2.33. The second kappa shape index (κ2) is 8.43. The molecule has 4 aromatic rings. The van der Waals surface area contributed by atoms with Crippen molar-refractivity contribution in [2.75, 3.05) is 17.6 Å². The maximum Gasteiger partial charge on any atom is 0.246 e. The summed E-state index contributed by atoms with van der Waals surface area (Å²) in [6, 6.07) is 16.1. The molecule has 0 spiro atoms. The Bertz CT molecular complexity index is 1340. The van der Waals surface area contributed by atoms with Gasteiger partial charge in [-0.1, -0.05) is 30.8 Å². The van der Waals surface area contributed by atoms with Crippen LogP contribution in [0.2, 0.25) is 0 Å². The molecule has 1 unspecified atom stereocenters. The number of likely N-dealkylation sites (tertiary alicyclic amines) is 1. The van der Waals surface area contributed by atoms with E-state index >= 15 is 0 Å². The largest absolute Gasteiger partial charge is 0.382 e. The standard InChI is InChI=1S/C26H26N6O/c1-3-22(33)31-14-7-10-21(31)26-30-23(24-25(27)28-13-15-32(24)26)18-11-12-20(17(2)16-18)29-19-8-5-4-6-9-19/h3-6,8-9,11-13,15-16,21,29H,1,7,10,14H2,2H3,(H2,27,28). The number of nitrogens with one attached hydrogen (secondary N) is 1. The monoisotopic (exact) mass is 438 g/mol. The van der Waals surface area contributed by atoms with Crippen LogP contribution in [-0.2, 0) is 4.79 Å². The fourth-order valence-corrected chi connectivity index (χ4v) is 4.57. The quantitative estimate of drug-likeness (QED) is 0.434. The Morgan fingerprint density at radius 1 is 1.24 bits per heavy atom. The first-order chi connectivity index (χ1) is 16.1. The van der Waals surface area contributed by atoms with Gasteiger partial charge < -0.3 is 16.0 Å². The number of carbonyl (C=O) groups excluding carboxylic acids is 1. The van der Waals surface area contributed by atoms with Crippen molar-refractivity contribution in [2.24, 2.45) is 0 Å². The minimum atomic E-state index is -0.126. The number of aryl methyl sites for hydroxylation is 1. The summed E-state index contributed by atoms with van der Waals surface area (Å²) >= 11 is 0. The van der Waals surface area contributed by atoms with E-state index in [-0.39, 0.29) is 11.9 Å². The van der Waals surface area contributed by atoms with E-state index in [2.05, 4.69) is 35.9 Å². The van der Waals surface area contributed by atoms with Gasteiger partial charge in [0.1, 0.15) is 22.9 Å². The van der Waals surface area contributed by atoms with Crippen molar-refractivity contribution in [3.63, 3.8) is 0 Å². The number of anilines is 3. The number of carbonyl (C=O) groups is 1. The molecule has 2 aromatic carbocycles. The maximum atomic E-state index is 12.4. The van der Waals surface area contributed by atoms with Crippen LogP contribution in [0, 0.1) is 6.92 Å². The third kappa shape index (κ3) is 3.71. The second-order valence-electron chi connectivity index (χ2n) is 8.26. The van der Waals surface area contributed by atoms with E-state index in [1.165, 1.54) is 6.08 Å². The number of hydrogen-bond donors (Lipinski definition) is 2. The number of amides is 1. The summed E-state index contributed by atoms with van der Waals surface area (Å²) in [6.07, 6.45) is 6.68. The van der Waals surface area contributed by atoms with Crippen molar-refractivity contribution in [3.05, 3.63) is 85.0 Å². The summed E-state index contributed by atoms with van der Waals surface area (Å²) in [5.74, 6) is 1.13. The van der Waals surface area contributed by atoms with Gasteiger partial charge >= 0.3 is 0 Å². The molecule has 1 aliphatic heterocycles. The van der Waals surface area contributed by atoms with Gasteiger partial charge in [-0.15, -0.1) is 0 Å². The van der Waals surface area contributed by atoms with Gasteiger partial charge in [-0.05, 0) is 55.7 Å². The highest BCUT2D eigenvalue weighted by Crippen LogP contribution is 2.37. The number of fused-ring (bicyclic) bond motifs is 1. The zero-order chi connectivity index (χ0) is 22.9. The van der Waals surface area contributed by atoms with Crippen LogP contribution >= 0.6 is 0 Å². The van der Waals surface area contributed by atoms with Gasteiger partial charge in [0.05, 0.1) is 6.04 Å². The Hall–Kier alpha value is -4.13. The van der Waals surface area contributed by atoms with Crippen molar-refractivity contribution in [3.8, 4) is 11.3 Å². The van der Waals surface area contributed by atoms with E-state index < -0.39 is 0 Å². The number of rotatable bonds is 5. The molecule has 5 rings (SSSR count). The smallest absolute Gasteiger partial charge is 0.246 e. The molecule has 1 aliphatic rings. The van der Waals surface area contributed by atoms with Gasteiger partial charge in [0, 0.05) is 35.9 Å². The molecule has 0 saturated carbocycles. The molecule has 3 heterocycles. The fraction of sp³-hybridized carbons (Fsp3) is 0.192. The Balaban J connectivity index is 1.58. The number of benzene rings is 2. The minimum Gasteiger partial charge on any atom is -0.382 e. The first-order valence-electron chi connectivity index (χ1n) is 11.1. The Kier molecular flexibility index (Phi) is 5.30. The predicted molar refractivity (Wildman–Crippen MR) is 131 cm³/mol. The van der Waals surface area contributed by atoms with Gasteiger partial charge in [0.25, 0.3) is 0 Å². The summed E-state index contributed by atoms with van der Waals surface area (Å²) in [4.78, 5) is 23.6. The zero-order valence-corrected chi connectivity index (χ0v) is 18.5. The van der Waals surface area contributed by atoms with Crippen LogP contribution in [-0.4, -0.2) is 31.7 Å². The lowest BCUT2D eigenvalue weighted by Gasteiger charge is -2.22. The first kappa shape index (κ1) is 20.8. The highest BCUT2D eigenvalue weighted by molar-refractivity contribution is 5.88. The lowest BCUT2D eigenvalue weighted by molar-refractivity contribution is -0.127. The molecule has 0 aliphatic carbocycles. The van der Waals surface area contributed by atoms with Crippen LogP contribution in [0.3, 0.4) is 0 Å².